The second-order valence-corrected chi connectivity index (χ2v) is 2.63. The Kier molecular flexibility index (Phi) is 4.58. The minimum Gasteiger partial charge on any atom is -0.548 e. The van der Waals surface area contributed by atoms with Crippen molar-refractivity contribution < 1.29 is 44.6 Å². The van der Waals surface area contributed by atoms with Crippen LogP contribution in [0.1, 0.15) is 13.3 Å². The van der Waals surface area contributed by atoms with Crippen LogP contribution in [0.5, 0.6) is 0 Å². The maximum Gasteiger partial charge on any atom is 1.00 e. The molecule has 1 rings (SSSR count). The monoisotopic (exact) mass is 167 g/mol. The molecule has 5 heteroatoms. The molecule has 0 spiro atoms. The predicted octanol–water partition coefficient (Wildman–Crippen LogP) is -5.15. The third kappa shape index (κ3) is 2.72. The summed E-state index contributed by atoms with van der Waals surface area (Å²) in [6.07, 6.45) is -0.299. The first-order valence-electron chi connectivity index (χ1n) is 3.26. The van der Waals surface area contributed by atoms with Gasteiger partial charge in [0.15, 0.2) is 0 Å². The van der Waals surface area contributed by atoms with Crippen LogP contribution in [-0.2, 0) is 4.79 Å². The van der Waals surface area contributed by atoms with E-state index in [2.05, 4.69) is 5.32 Å². The Morgan fingerprint density at radius 1 is 1.73 bits per heavy atom. The van der Waals surface area contributed by atoms with E-state index >= 15 is 0 Å². The van der Waals surface area contributed by atoms with Gasteiger partial charge in [-0.3, -0.25) is 0 Å². The molecule has 0 saturated carbocycles. The Hall–Kier alpha value is 0.390. The summed E-state index contributed by atoms with van der Waals surface area (Å²) >= 11 is 0. The van der Waals surface area contributed by atoms with Crippen molar-refractivity contribution in [2.24, 2.45) is 0 Å². The molecule has 1 aliphatic heterocycles. The second-order valence-electron chi connectivity index (χ2n) is 2.63. The number of carboxylic acids is 1. The van der Waals surface area contributed by atoms with Gasteiger partial charge in [-0.25, -0.2) is 0 Å². The molecule has 0 aromatic rings. The van der Waals surface area contributed by atoms with Crippen molar-refractivity contribution in [3.8, 4) is 0 Å². The zero-order chi connectivity index (χ0) is 7.72. The van der Waals surface area contributed by atoms with Gasteiger partial charge in [0.1, 0.15) is 0 Å². The van der Waals surface area contributed by atoms with Crippen LogP contribution in [0.15, 0.2) is 0 Å². The number of hydrogen-bond acceptors (Lipinski definition) is 4. The topological polar surface area (TPSA) is 72.4 Å². The van der Waals surface area contributed by atoms with E-state index in [0.717, 1.165) is 0 Å². The molecule has 0 aromatic heterocycles. The van der Waals surface area contributed by atoms with Gasteiger partial charge in [-0.1, -0.05) is 0 Å². The summed E-state index contributed by atoms with van der Waals surface area (Å²) in [6, 6.07) is -0.812. The Morgan fingerprint density at radius 2 is 2.27 bits per heavy atom. The van der Waals surface area contributed by atoms with Crippen LogP contribution in [0.25, 0.3) is 0 Å². The molecule has 1 saturated heterocycles. The van der Waals surface area contributed by atoms with Crippen LogP contribution in [0.2, 0.25) is 0 Å². The summed E-state index contributed by atoms with van der Waals surface area (Å²) in [7, 11) is 0. The molecule has 0 aliphatic carbocycles. The van der Waals surface area contributed by atoms with Crippen molar-refractivity contribution >= 4 is 5.97 Å². The molecule has 3 atom stereocenters. The van der Waals surface area contributed by atoms with E-state index in [1.165, 1.54) is 0 Å². The van der Waals surface area contributed by atoms with Gasteiger partial charge in [0, 0.05) is 12.1 Å². The minimum atomic E-state index is -1.14. The summed E-state index contributed by atoms with van der Waals surface area (Å²) in [6.45, 7) is 1.74. The summed E-state index contributed by atoms with van der Waals surface area (Å²) in [5, 5.41) is 22.0. The number of carbonyl (C=O) groups is 1. The van der Waals surface area contributed by atoms with Crippen LogP contribution in [0.3, 0.4) is 0 Å². The number of aliphatic carboxylic acids is 1. The van der Waals surface area contributed by atoms with Gasteiger partial charge in [0.25, 0.3) is 0 Å². The molecule has 11 heavy (non-hydrogen) atoms. The van der Waals surface area contributed by atoms with E-state index in [1.54, 1.807) is 6.92 Å². The first-order valence-corrected chi connectivity index (χ1v) is 3.26. The van der Waals surface area contributed by atoms with Crippen molar-refractivity contribution in [2.75, 3.05) is 0 Å². The molecule has 0 bridgehead atoms. The van der Waals surface area contributed by atoms with Gasteiger partial charge in [-0.15, -0.1) is 0 Å². The Bertz CT molecular complexity index is 143. The van der Waals surface area contributed by atoms with Crippen LogP contribution in [0, 0.1) is 0 Å². The Balaban J connectivity index is 0.000001000. The van der Waals surface area contributed by atoms with Gasteiger partial charge in [-0.05, 0) is 13.3 Å². The van der Waals surface area contributed by atoms with E-state index in [4.69, 9.17) is 5.11 Å². The first kappa shape index (κ1) is 11.4. The Morgan fingerprint density at radius 3 is 2.45 bits per heavy atom. The average molecular weight is 167 g/mol. The number of rotatable bonds is 1. The molecular formula is C6H10NNaO3. The fourth-order valence-electron chi connectivity index (χ4n) is 1.11. The zero-order valence-corrected chi connectivity index (χ0v) is 8.70. The maximum absolute atomic E-state index is 10.2. The molecule has 0 aromatic carbocycles. The van der Waals surface area contributed by atoms with Gasteiger partial charge in [-0.2, -0.15) is 0 Å². The molecule has 2 N–H and O–H groups in total. The summed E-state index contributed by atoms with van der Waals surface area (Å²) in [5.41, 5.74) is 0. The Labute approximate surface area is 87.3 Å². The number of aliphatic hydroxyl groups excluding tert-OH is 1. The standard InChI is InChI=1S/C6H11NO3.Na/c1-3-5(8)2-4(7-3)6(9)10;/h3-5,7-8H,2H2,1H3,(H,9,10);/q;+1/p-1. The smallest absolute Gasteiger partial charge is 0.548 e. The zero-order valence-electron chi connectivity index (χ0n) is 6.70. The molecular weight excluding hydrogens is 157 g/mol. The molecule has 58 valence electrons. The number of hydrogen-bond donors (Lipinski definition) is 2. The van der Waals surface area contributed by atoms with Crippen molar-refractivity contribution in [3.63, 3.8) is 0 Å². The maximum atomic E-state index is 10.2. The van der Waals surface area contributed by atoms with Crippen LogP contribution in [0.4, 0.5) is 0 Å². The van der Waals surface area contributed by atoms with E-state index in [9.17, 15) is 9.90 Å². The largest absolute Gasteiger partial charge is 1.00 e. The minimum absolute atomic E-state index is 0. The van der Waals surface area contributed by atoms with E-state index < -0.39 is 18.1 Å². The van der Waals surface area contributed by atoms with E-state index in [-0.39, 0.29) is 42.0 Å². The normalized spacial score (nSPS) is 36.4. The molecule has 4 nitrogen and oxygen atoms in total. The molecule has 0 radical (unpaired) electrons. The number of carboxylic acid groups (broad SMARTS) is 1. The number of aliphatic hydroxyl groups is 1. The van der Waals surface area contributed by atoms with Gasteiger partial charge >= 0.3 is 29.6 Å². The fourth-order valence-corrected chi connectivity index (χ4v) is 1.11. The molecule has 3 unspecified atom stereocenters. The van der Waals surface area contributed by atoms with E-state index in [0.29, 0.717) is 0 Å². The van der Waals surface area contributed by atoms with Crippen molar-refractivity contribution in [1.29, 1.82) is 0 Å². The van der Waals surface area contributed by atoms with Gasteiger partial charge in [0.2, 0.25) is 0 Å². The fraction of sp³-hybridized carbons (Fsp3) is 0.833. The average Bonchev–Trinajstić information content (AvgIpc) is 2.13. The van der Waals surface area contributed by atoms with Crippen LogP contribution >= 0.6 is 0 Å². The summed E-state index contributed by atoms with van der Waals surface area (Å²) < 4.78 is 0. The van der Waals surface area contributed by atoms with Crippen molar-refractivity contribution in [3.05, 3.63) is 0 Å². The van der Waals surface area contributed by atoms with Crippen molar-refractivity contribution in [1.82, 2.24) is 5.32 Å². The van der Waals surface area contributed by atoms with Crippen LogP contribution < -0.4 is 40.0 Å². The third-order valence-corrected chi connectivity index (χ3v) is 1.80. The molecule has 1 fully saturated rings. The third-order valence-electron chi connectivity index (χ3n) is 1.80. The summed E-state index contributed by atoms with van der Waals surface area (Å²) in [5.74, 6) is -1.14. The molecule has 0 amide bonds. The SMILES string of the molecule is CC1NC(C(=O)[O-])CC1O.[Na+]. The quantitative estimate of drug-likeness (QED) is 0.383. The number of nitrogens with one attached hydrogen (secondary N) is 1. The predicted molar refractivity (Wildman–Crippen MR) is 32.0 cm³/mol. The summed E-state index contributed by atoms with van der Waals surface area (Å²) in [4.78, 5) is 10.2. The number of carbonyl (C=O) groups excluding carboxylic acids is 1. The first-order chi connectivity index (χ1) is 4.61. The van der Waals surface area contributed by atoms with Crippen LogP contribution in [-0.4, -0.2) is 29.3 Å². The van der Waals surface area contributed by atoms with E-state index in [1.807, 2.05) is 0 Å². The van der Waals surface area contributed by atoms with Gasteiger partial charge < -0.3 is 20.3 Å². The second kappa shape index (κ2) is 4.42. The van der Waals surface area contributed by atoms with Crippen molar-refractivity contribution in [2.45, 2.75) is 31.5 Å². The molecule has 1 aliphatic rings. The van der Waals surface area contributed by atoms with Gasteiger partial charge in [0.05, 0.1) is 12.1 Å². The molecule has 1 heterocycles.